The molecule has 0 bridgehead atoms. The van der Waals surface area contributed by atoms with Crippen LogP contribution < -0.4 is 5.32 Å². The summed E-state index contributed by atoms with van der Waals surface area (Å²) in [7, 11) is 0. The van der Waals surface area contributed by atoms with E-state index in [1.807, 2.05) is 11.3 Å². The van der Waals surface area contributed by atoms with Crippen LogP contribution in [0.5, 0.6) is 0 Å². The minimum absolute atomic E-state index is 0.445. The Morgan fingerprint density at radius 1 is 1.42 bits per heavy atom. The van der Waals surface area contributed by atoms with Crippen molar-refractivity contribution in [1.29, 1.82) is 0 Å². The Morgan fingerprint density at radius 2 is 2.26 bits per heavy atom. The van der Waals surface area contributed by atoms with E-state index in [0.29, 0.717) is 5.54 Å². The fraction of sp³-hybridized carbons (Fsp3) is 0.750. The molecule has 1 saturated heterocycles. The average molecular weight is 278 g/mol. The molecule has 1 aromatic rings. The highest BCUT2D eigenvalue weighted by Gasteiger charge is 2.40. The minimum Gasteiger partial charge on any atom is -0.308 e. The summed E-state index contributed by atoms with van der Waals surface area (Å²) in [5.41, 5.74) is 1.95. The third-order valence-corrected chi connectivity index (χ3v) is 5.62. The summed E-state index contributed by atoms with van der Waals surface area (Å²) < 4.78 is 0. The molecule has 0 amide bonds. The molecule has 1 N–H and O–H groups in total. The van der Waals surface area contributed by atoms with Gasteiger partial charge < -0.3 is 5.32 Å². The van der Waals surface area contributed by atoms with Crippen molar-refractivity contribution in [2.45, 2.75) is 63.6 Å². The van der Waals surface area contributed by atoms with E-state index in [0.717, 1.165) is 12.6 Å². The van der Waals surface area contributed by atoms with Gasteiger partial charge in [-0.25, -0.2) is 0 Å². The molecule has 3 heteroatoms. The van der Waals surface area contributed by atoms with E-state index < -0.39 is 0 Å². The smallest absolute Gasteiger partial charge is 0.0309 e. The second-order valence-electron chi connectivity index (χ2n) is 6.35. The van der Waals surface area contributed by atoms with Gasteiger partial charge in [0.05, 0.1) is 0 Å². The highest BCUT2D eigenvalue weighted by molar-refractivity contribution is 7.07. The molecule has 19 heavy (non-hydrogen) atoms. The van der Waals surface area contributed by atoms with Gasteiger partial charge in [-0.2, -0.15) is 11.3 Å². The van der Waals surface area contributed by atoms with Crippen molar-refractivity contribution in [2.75, 3.05) is 13.1 Å². The van der Waals surface area contributed by atoms with Crippen LogP contribution in [0.2, 0.25) is 0 Å². The third kappa shape index (κ3) is 3.04. The number of hydrogen-bond donors (Lipinski definition) is 1. The molecule has 2 nitrogen and oxygen atoms in total. The summed E-state index contributed by atoms with van der Waals surface area (Å²) in [6.07, 6.45) is 8.21. The van der Waals surface area contributed by atoms with Gasteiger partial charge in [0, 0.05) is 31.2 Å². The number of piperazine rings is 1. The van der Waals surface area contributed by atoms with Crippen molar-refractivity contribution in [3.05, 3.63) is 22.4 Å². The van der Waals surface area contributed by atoms with E-state index in [1.54, 1.807) is 0 Å². The summed E-state index contributed by atoms with van der Waals surface area (Å²) in [6.45, 7) is 5.91. The zero-order valence-corrected chi connectivity index (χ0v) is 12.8. The lowest BCUT2D eigenvalue weighted by Crippen LogP contribution is -2.62. The molecule has 1 saturated carbocycles. The molecule has 2 aliphatic rings. The lowest BCUT2D eigenvalue weighted by molar-refractivity contribution is 0.0691. The highest BCUT2D eigenvalue weighted by atomic mass is 32.1. The Balaban J connectivity index is 1.70. The van der Waals surface area contributed by atoms with Crippen molar-refractivity contribution in [1.82, 2.24) is 10.2 Å². The number of nitrogens with zero attached hydrogens (tertiary/aromatic N) is 1. The van der Waals surface area contributed by atoms with Crippen LogP contribution in [0.1, 0.15) is 51.0 Å². The molecule has 1 aromatic heterocycles. The van der Waals surface area contributed by atoms with E-state index in [9.17, 15) is 0 Å². The molecule has 0 aromatic carbocycles. The Bertz CT molecular complexity index is 381. The summed E-state index contributed by atoms with van der Waals surface area (Å²) in [5.74, 6) is 0. The number of thiophene rings is 1. The zero-order valence-electron chi connectivity index (χ0n) is 12.0. The van der Waals surface area contributed by atoms with Gasteiger partial charge in [-0.1, -0.05) is 26.2 Å². The Hall–Kier alpha value is -0.380. The van der Waals surface area contributed by atoms with Crippen molar-refractivity contribution in [2.24, 2.45) is 0 Å². The molecule has 1 atom stereocenters. The maximum Gasteiger partial charge on any atom is 0.0309 e. The average Bonchev–Trinajstić information content (AvgIpc) is 3.06. The summed E-state index contributed by atoms with van der Waals surface area (Å²) in [5, 5.41) is 8.42. The van der Waals surface area contributed by atoms with Gasteiger partial charge in [-0.05, 0) is 41.7 Å². The predicted molar refractivity (Wildman–Crippen MR) is 82.6 cm³/mol. The van der Waals surface area contributed by atoms with E-state index in [1.165, 1.54) is 57.2 Å². The van der Waals surface area contributed by atoms with Gasteiger partial charge in [0.25, 0.3) is 0 Å². The topological polar surface area (TPSA) is 15.3 Å². The lowest BCUT2D eigenvalue weighted by atomic mass is 9.91. The van der Waals surface area contributed by atoms with Crippen LogP contribution >= 0.6 is 11.3 Å². The normalized spacial score (nSPS) is 27.1. The molecule has 0 radical (unpaired) electrons. The third-order valence-electron chi connectivity index (χ3n) is 4.88. The monoisotopic (exact) mass is 278 g/mol. The van der Waals surface area contributed by atoms with E-state index in [2.05, 4.69) is 34.0 Å². The van der Waals surface area contributed by atoms with E-state index in [-0.39, 0.29) is 0 Å². The van der Waals surface area contributed by atoms with Gasteiger partial charge in [-0.3, -0.25) is 4.90 Å². The SMILES string of the molecule is CCCC1CNC2(CCCC2)CN1Cc1ccsc1. The number of rotatable bonds is 4. The molecule has 2 heterocycles. The maximum absolute atomic E-state index is 3.90. The second kappa shape index (κ2) is 5.94. The van der Waals surface area contributed by atoms with Crippen LogP contribution in [0, 0.1) is 0 Å². The zero-order chi connectivity index (χ0) is 13.1. The summed E-state index contributed by atoms with van der Waals surface area (Å²) >= 11 is 1.82. The van der Waals surface area contributed by atoms with Crippen molar-refractivity contribution in [3.8, 4) is 0 Å². The standard InChI is InChI=1S/C16H26N2S/c1-2-5-15-10-17-16(7-3-4-8-16)13-18(15)11-14-6-9-19-12-14/h6,9,12,15,17H,2-5,7-8,10-11,13H2,1H3. The molecule has 2 fully saturated rings. The molecule has 1 spiro atoms. The predicted octanol–water partition coefficient (Wildman–Crippen LogP) is 3.63. The molecular formula is C16H26N2S. The van der Waals surface area contributed by atoms with Crippen LogP contribution in [-0.2, 0) is 6.54 Å². The molecule has 1 aliphatic heterocycles. The van der Waals surface area contributed by atoms with Crippen LogP contribution in [0.25, 0.3) is 0 Å². The van der Waals surface area contributed by atoms with Crippen molar-refractivity contribution < 1.29 is 0 Å². The van der Waals surface area contributed by atoms with Gasteiger partial charge >= 0.3 is 0 Å². The maximum atomic E-state index is 3.90. The Labute approximate surface area is 121 Å². The van der Waals surface area contributed by atoms with Gasteiger partial charge in [0.2, 0.25) is 0 Å². The fourth-order valence-corrected chi connectivity index (χ4v) is 4.50. The van der Waals surface area contributed by atoms with Crippen LogP contribution in [0.4, 0.5) is 0 Å². The van der Waals surface area contributed by atoms with Crippen LogP contribution in [0.3, 0.4) is 0 Å². The fourth-order valence-electron chi connectivity index (χ4n) is 3.84. The first-order valence-electron chi connectivity index (χ1n) is 7.81. The van der Waals surface area contributed by atoms with Crippen LogP contribution in [-0.4, -0.2) is 29.6 Å². The lowest BCUT2D eigenvalue weighted by Gasteiger charge is -2.46. The highest BCUT2D eigenvalue weighted by Crippen LogP contribution is 2.34. The van der Waals surface area contributed by atoms with Crippen molar-refractivity contribution >= 4 is 11.3 Å². The molecule has 3 rings (SSSR count). The first kappa shape index (κ1) is 13.6. The number of hydrogen-bond acceptors (Lipinski definition) is 3. The van der Waals surface area contributed by atoms with Gasteiger partial charge in [0.15, 0.2) is 0 Å². The largest absolute Gasteiger partial charge is 0.308 e. The molecule has 106 valence electrons. The number of nitrogens with one attached hydrogen (secondary N) is 1. The molecule has 1 unspecified atom stereocenters. The summed E-state index contributed by atoms with van der Waals surface area (Å²) in [6, 6.07) is 3.02. The van der Waals surface area contributed by atoms with Crippen LogP contribution in [0.15, 0.2) is 16.8 Å². The van der Waals surface area contributed by atoms with E-state index in [4.69, 9.17) is 0 Å². The quantitative estimate of drug-likeness (QED) is 0.904. The van der Waals surface area contributed by atoms with Gasteiger partial charge in [-0.15, -0.1) is 0 Å². The van der Waals surface area contributed by atoms with E-state index >= 15 is 0 Å². The molecular weight excluding hydrogens is 252 g/mol. The van der Waals surface area contributed by atoms with Gasteiger partial charge in [0.1, 0.15) is 0 Å². The Morgan fingerprint density at radius 3 is 2.95 bits per heavy atom. The first-order valence-corrected chi connectivity index (χ1v) is 8.76. The summed E-state index contributed by atoms with van der Waals surface area (Å²) in [4.78, 5) is 2.76. The van der Waals surface area contributed by atoms with Crippen molar-refractivity contribution in [3.63, 3.8) is 0 Å². The molecule has 1 aliphatic carbocycles. The minimum atomic E-state index is 0.445. The Kier molecular flexibility index (Phi) is 4.25. The second-order valence-corrected chi connectivity index (χ2v) is 7.13. The first-order chi connectivity index (χ1) is 9.31.